The normalized spacial score (nSPS) is 12.9. The summed E-state index contributed by atoms with van der Waals surface area (Å²) in [5, 5.41) is 16.7. The van der Waals surface area contributed by atoms with Crippen LogP contribution in [0.4, 0.5) is 0 Å². The highest BCUT2D eigenvalue weighted by molar-refractivity contribution is 7.17. The summed E-state index contributed by atoms with van der Waals surface area (Å²) in [7, 11) is 0. The summed E-state index contributed by atoms with van der Waals surface area (Å²) in [6.07, 6.45) is 3.78. The number of thiophene rings is 1. The van der Waals surface area contributed by atoms with Gasteiger partial charge in [-0.1, -0.05) is 6.92 Å². The Morgan fingerprint density at radius 2 is 2.32 bits per heavy atom. The van der Waals surface area contributed by atoms with Crippen molar-refractivity contribution in [3.05, 3.63) is 47.2 Å². The molecule has 0 aromatic carbocycles. The van der Waals surface area contributed by atoms with Crippen LogP contribution in [-0.4, -0.2) is 19.9 Å². The van der Waals surface area contributed by atoms with E-state index in [-0.39, 0.29) is 0 Å². The number of pyridine rings is 1. The Morgan fingerprint density at radius 3 is 3.16 bits per heavy atom. The largest absolute Gasteiger partial charge is 0.382 e. The number of aromatic nitrogens is 3. The lowest BCUT2D eigenvalue weighted by molar-refractivity contribution is 0.207. The van der Waals surface area contributed by atoms with E-state index in [1.807, 2.05) is 28.3 Å². The van der Waals surface area contributed by atoms with Gasteiger partial charge in [-0.25, -0.2) is 0 Å². The van der Waals surface area contributed by atoms with Crippen LogP contribution in [0.15, 0.2) is 36.0 Å². The van der Waals surface area contributed by atoms with Crippen LogP contribution in [0.1, 0.15) is 30.7 Å². The van der Waals surface area contributed by atoms with E-state index in [1.165, 1.54) is 0 Å². The van der Waals surface area contributed by atoms with Crippen LogP contribution in [0.25, 0.3) is 10.2 Å². The van der Waals surface area contributed by atoms with Crippen LogP contribution < -0.4 is 0 Å². The second-order valence-corrected chi connectivity index (χ2v) is 5.40. The highest BCUT2D eigenvalue weighted by Gasteiger charge is 2.16. The monoisotopic (exact) mass is 273 g/mol. The van der Waals surface area contributed by atoms with E-state index >= 15 is 0 Å². The van der Waals surface area contributed by atoms with Gasteiger partial charge in [0.25, 0.3) is 0 Å². The van der Waals surface area contributed by atoms with Gasteiger partial charge in [0, 0.05) is 24.5 Å². The van der Waals surface area contributed by atoms with Crippen molar-refractivity contribution < 1.29 is 5.11 Å². The molecule has 0 saturated heterocycles. The van der Waals surface area contributed by atoms with E-state index in [2.05, 4.69) is 17.0 Å². The van der Waals surface area contributed by atoms with Crippen molar-refractivity contribution in [3.63, 3.8) is 0 Å². The summed E-state index contributed by atoms with van der Waals surface area (Å²) >= 11 is 1.63. The number of nitrogens with zero attached hydrogens (tertiary/aromatic N) is 3. The number of fused-ring (bicyclic) bond motifs is 1. The number of hydrogen-bond acceptors (Lipinski definition) is 4. The first-order valence-electron chi connectivity index (χ1n) is 6.32. The van der Waals surface area contributed by atoms with Crippen molar-refractivity contribution in [2.75, 3.05) is 0 Å². The van der Waals surface area contributed by atoms with E-state index in [1.54, 1.807) is 23.7 Å². The Hall–Kier alpha value is -1.72. The maximum absolute atomic E-state index is 10.5. The van der Waals surface area contributed by atoms with E-state index in [9.17, 15) is 5.11 Å². The van der Waals surface area contributed by atoms with Crippen molar-refractivity contribution in [1.82, 2.24) is 14.8 Å². The third-order valence-electron chi connectivity index (χ3n) is 3.10. The first-order chi connectivity index (χ1) is 9.29. The van der Waals surface area contributed by atoms with Crippen LogP contribution in [0.3, 0.4) is 0 Å². The van der Waals surface area contributed by atoms with Crippen molar-refractivity contribution in [3.8, 4) is 0 Å². The SMILES string of the molecule is CCCn1nccc1C(O)c1cnc2ccsc2c1. The number of aliphatic hydroxyl groups excluding tert-OH is 1. The van der Waals surface area contributed by atoms with Crippen LogP contribution in [0.5, 0.6) is 0 Å². The predicted molar refractivity (Wildman–Crippen MR) is 76.2 cm³/mol. The molecule has 1 atom stereocenters. The lowest BCUT2D eigenvalue weighted by atomic mass is 10.1. The van der Waals surface area contributed by atoms with Gasteiger partial charge in [0.1, 0.15) is 6.10 Å². The third kappa shape index (κ3) is 2.27. The maximum atomic E-state index is 10.5. The lowest BCUT2D eigenvalue weighted by Gasteiger charge is -2.13. The summed E-state index contributed by atoms with van der Waals surface area (Å²) in [6, 6.07) is 5.84. The Morgan fingerprint density at radius 1 is 1.42 bits per heavy atom. The van der Waals surface area contributed by atoms with Gasteiger partial charge in [-0.2, -0.15) is 5.10 Å². The molecular weight excluding hydrogens is 258 g/mol. The smallest absolute Gasteiger partial charge is 0.122 e. The molecule has 0 fully saturated rings. The minimum Gasteiger partial charge on any atom is -0.382 e. The molecule has 0 aliphatic rings. The van der Waals surface area contributed by atoms with E-state index in [0.29, 0.717) is 0 Å². The number of hydrogen-bond donors (Lipinski definition) is 1. The molecular formula is C14H15N3OS. The van der Waals surface area contributed by atoms with Crippen LogP contribution in [0, 0.1) is 0 Å². The van der Waals surface area contributed by atoms with Gasteiger partial charge in [-0.15, -0.1) is 11.3 Å². The zero-order chi connectivity index (χ0) is 13.2. The molecule has 0 spiro atoms. The van der Waals surface area contributed by atoms with Gasteiger partial charge in [0.2, 0.25) is 0 Å². The molecule has 3 rings (SSSR count). The molecule has 0 aliphatic heterocycles. The molecule has 5 heteroatoms. The molecule has 3 aromatic rings. The van der Waals surface area contributed by atoms with Crippen LogP contribution in [0.2, 0.25) is 0 Å². The molecule has 3 aromatic heterocycles. The summed E-state index contributed by atoms with van der Waals surface area (Å²) in [4.78, 5) is 4.37. The van der Waals surface area contributed by atoms with Crippen molar-refractivity contribution >= 4 is 21.6 Å². The van der Waals surface area contributed by atoms with Gasteiger partial charge >= 0.3 is 0 Å². The second kappa shape index (κ2) is 5.11. The average Bonchev–Trinajstić information content (AvgIpc) is 3.05. The topological polar surface area (TPSA) is 50.9 Å². The first kappa shape index (κ1) is 12.3. The second-order valence-electron chi connectivity index (χ2n) is 4.45. The molecule has 1 N–H and O–H groups in total. The zero-order valence-electron chi connectivity index (χ0n) is 10.7. The zero-order valence-corrected chi connectivity index (χ0v) is 11.5. The number of rotatable bonds is 4. The third-order valence-corrected chi connectivity index (χ3v) is 3.96. The fourth-order valence-corrected chi connectivity index (χ4v) is 2.94. The Balaban J connectivity index is 1.97. The Bertz CT molecular complexity index is 689. The Kier molecular flexibility index (Phi) is 3.31. The van der Waals surface area contributed by atoms with E-state index < -0.39 is 6.10 Å². The predicted octanol–water partition coefficient (Wildman–Crippen LogP) is 2.98. The van der Waals surface area contributed by atoms with Gasteiger partial charge in [0.05, 0.1) is 15.9 Å². The Labute approximate surface area is 115 Å². The highest BCUT2D eigenvalue weighted by Crippen LogP contribution is 2.26. The standard InChI is InChI=1S/C14H15N3OS/c1-2-6-17-12(3-5-16-17)14(18)10-8-13-11(15-9-10)4-7-19-13/h3-5,7-9,14,18H,2,6H2,1H3. The average molecular weight is 273 g/mol. The summed E-state index contributed by atoms with van der Waals surface area (Å²) in [5.41, 5.74) is 2.61. The molecule has 3 heterocycles. The highest BCUT2D eigenvalue weighted by atomic mass is 32.1. The van der Waals surface area contributed by atoms with Crippen molar-refractivity contribution in [2.24, 2.45) is 0 Å². The lowest BCUT2D eigenvalue weighted by Crippen LogP contribution is -2.10. The summed E-state index contributed by atoms with van der Waals surface area (Å²) < 4.78 is 2.95. The maximum Gasteiger partial charge on any atom is 0.122 e. The molecule has 98 valence electrons. The molecule has 0 aliphatic carbocycles. The van der Waals surface area contributed by atoms with Gasteiger partial charge in [-0.05, 0) is 30.0 Å². The molecule has 0 radical (unpaired) electrons. The molecule has 0 amide bonds. The van der Waals surface area contributed by atoms with Crippen molar-refractivity contribution in [2.45, 2.75) is 26.0 Å². The molecule has 0 saturated carbocycles. The van der Waals surface area contributed by atoms with E-state index in [4.69, 9.17) is 0 Å². The van der Waals surface area contributed by atoms with E-state index in [0.717, 1.165) is 34.4 Å². The van der Waals surface area contributed by atoms with Gasteiger partial charge in [0.15, 0.2) is 0 Å². The van der Waals surface area contributed by atoms with Crippen molar-refractivity contribution in [1.29, 1.82) is 0 Å². The number of aryl methyl sites for hydroxylation is 1. The summed E-state index contributed by atoms with van der Waals surface area (Å²) in [5.74, 6) is 0. The molecule has 1 unspecified atom stereocenters. The van der Waals surface area contributed by atoms with Gasteiger partial charge < -0.3 is 5.11 Å². The summed E-state index contributed by atoms with van der Waals surface area (Å²) in [6.45, 7) is 2.91. The fourth-order valence-electron chi connectivity index (χ4n) is 2.16. The van der Waals surface area contributed by atoms with Gasteiger partial charge in [-0.3, -0.25) is 9.67 Å². The minimum atomic E-state index is -0.673. The molecule has 19 heavy (non-hydrogen) atoms. The molecule has 0 bridgehead atoms. The quantitative estimate of drug-likeness (QED) is 0.795. The fraction of sp³-hybridized carbons (Fsp3) is 0.286. The molecule has 4 nitrogen and oxygen atoms in total. The number of aliphatic hydroxyl groups is 1. The van der Waals surface area contributed by atoms with Crippen LogP contribution in [-0.2, 0) is 6.54 Å². The van der Waals surface area contributed by atoms with Crippen LogP contribution >= 0.6 is 11.3 Å². The minimum absolute atomic E-state index is 0.673. The first-order valence-corrected chi connectivity index (χ1v) is 7.20.